The van der Waals surface area contributed by atoms with E-state index < -0.39 is 21.7 Å². The number of para-hydroxylation sites is 1. The molecular formula is C33H36F2N4O3S. The molecule has 226 valence electrons. The van der Waals surface area contributed by atoms with Crippen LogP contribution < -0.4 is 4.72 Å². The molecule has 7 nitrogen and oxygen atoms in total. The summed E-state index contributed by atoms with van der Waals surface area (Å²) < 4.78 is 56.9. The van der Waals surface area contributed by atoms with Gasteiger partial charge in [0.15, 0.2) is 0 Å². The van der Waals surface area contributed by atoms with Crippen LogP contribution >= 0.6 is 0 Å². The number of aliphatic imine (C=N–C) groups is 1. The Morgan fingerprint density at radius 2 is 1.65 bits per heavy atom. The van der Waals surface area contributed by atoms with Gasteiger partial charge in [0, 0.05) is 61.3 Å². The highest BCUT2D eigenvalue weighted by atomic mass is 32.2. The number of carbonyl (C=O) groups is 1. The summed E-state index contributed by atoms with van der Waals surface area (Å²) in [6.45, 7) is 7.74. The first-order valence-electron chi connectivity index (χ1n) is 14.6. The molecule has 1 amide bonds. The third-order valence-corrected chi connectivity index (χ3v) is 9.67. The van der Waals surface area contributed by atoms with Gasteiger partial charge in [-0.15, -0.1) is 0 Å². The number of carbonyl (C=O) groups excluding carboxylic acids is 1. The van der Waals surface area contributed by atoms with Crippen LogP contribution in [0.5, 0.6) is 0 Å². The molecule has 1 aliphatic heterocycles. The molecule has 1 saturated carbocycles. The molecule has 0 bridgehead atoms. The van der Waals surface area contributed by atoms with Crippen molar-refractivity contribution < 1.29 is 22.0 Å². The van der Waals surface area contributed by atoms with E-state index in [1.165, 1.54) is 18.2 Å². The van der Waals surface area contributed by atoms with Crippen LogP contribution in [0.2, 0.25) is 0 Å². The third kappa shape index (κ3) is 7.19. The van der Waals surface area contributed by atoms with Gasteiger partial charge < -0.3 is 4.90 Å². The summed E-state index contributed by atoms with van der Waals surface area (Å²) in [6.07, 6.45) is 7.86. The van der Waals surface area contributed by atoms with E-state index in [-0.39, 0.29) is 16.8 Å². The fourth-order valence-electron chi connectivity index (χ4n) is 5.76. The molecule has 2 fully saturated rings. The molecule has 0 aromatic heterocycles. The first-order valence-corrected chi connectivity index (χ1v) is 16.0. The zero-order chi connectivity index (χ0) is 30.6. The van der Waals surface area contributed by atoms with Gasteiger partial charge in [0.1, 0.15) is 16.5 Å². The number of anilines is 1. The largest absolute Gasteiger partial charge is 0.336 e. The number of amides is 1. The molecule has 10 heteroatoms. The summed E-state index contributed by atoms with van der Waals surface area (Å²) in [7, 11) is -3.98. The molecule has 1 aliphatic carbocycles. The highest BCUT2D eigenvalue weighted by molar-refractivity contribution is 7.92. The van der Waals surface area contributed by atoms with Gasteiger partial charge in [-0.3, -0.25) is 19.4 Å². The predicted octanol–water partition coefficient (Wildman–Crippen LogP) is 6.82. The molecule has 3 aromatic carbocycles. The average molecular weight is 607 g/mol. The van der Waals surface area contributed by atoms with Crippen molar-refractivity contribution in [3.8, 4) is 0 Å². The van der Waals surface area contributed by atoms with Crippen LogP contribution in [0.15, 0.2) is 77.1 Å². The lowest BCUT2D eigenvalue weighted by Crippen LogP contribution is -2.49. The van der Waals surface area contributed by atoms with E-state index in [9.17, 15) is 22.0 Å². The summed E-state index contributed by atoms with van der Waals surface area (Å²) in [5, 5.41) is 0. The number of nitrogens with zero attached hydrogens (tertiary/aromatic N) is 3. The van der Waals surface area contributed by atoms with Crippen LogP contribution in [0.1, 0.15) is 60.1 Å². The van der Waals surface area contributed by atoms with Crippen molar-refractivity contribution in [1.82, 2.24) is 9.80 Å². The minimum absolute atomic E-state index is 0.0624. The maximum absolute atomic E-state index is 13.7. The van der Waals surface area contributed by atoms with E-state index in [0.29, 0.717) is 60.2 Å². The van der Waals surface area contributed by atoms with Crippen molar-refractivity contribution in [2.45, 2.75) is 43.5 Å². The zero-order valence-corrected chi connectivity index (χ0v) is 25.0. The van der Waals surface area contributed by atoms with Crippen LogP contribution in [0.25, 0.3) is 6.08 Å². The van der Waals surface area contributed by atoms with Crippen LogP contribution in [0.4, 0.5) is 20.2 Å². The van der Waals surface area contributed by atoms with Crippen LogP contribution in [-0.4, -0.2) is 56.5 Å². The van der Waals surface area contributed by atoms with Gasteiger partial charge in [0.2, 0.25) is 0 Å². The Balaban J connectivity index is 1.23. The van der Waals surface area contributed by atoms with Gasteiger partial charge in [-0.05, 0) is 73.7 Å². The van der Waals surface area contributed by atoms with Crippen LogP contribution in [0.3, 0.4) is 0 Å². The highest BCUT2D eigenvalue weighted by Gasteiger charge is 2.26. The molecule has 1 atom stereocenters. The van der Waals surface area contributed by atoms with E-state index in [1.807, 2.05) is 13.1 Å². The first-order chi connectivity index (χ1) is 20.6. The number of hydrogen-bond acceptors (Lipinski definition) is 5. The lowest BCUT2D eigenvalue weighted by Gasteiger charge is -2.38. The average Bonchev–Trinajstić information content (AvgIpc) is 3.53. The van der Waals surface area contributed by atoms with Crippen molar-refractivity contribution in [3.63, 3.8) is 0 Å². The predicted molar refractivity (Wildman–Crippen MR) is 166 cm³/mol. The Kier molecular flexibility index (Phi) is 9.37. The van der Waals surface area contributed by atoms with E-state index in [4.69, 9.17) is 0 Å². The molecule has 5 rings (SSSR count). The number of piperazine rings is 1. The standard InChI is InChI=1S/C33H36F2N4O3S/c1-3-25-9-6-10-31(32(25)36-22-24-7-4-5-8-24)43(41,42)37-30-13-11-26(12-14-30)33(40)39-17-15-38(16-18-39)23(2)27-19-28(34)21-29(35)20-27/h3,6,9-14,19-24,37H,1,4-5,7-8,15-18H2,2H3/b36-22-. The number of hydrogen-bond donors (Lipinski definition) is 1. The molecule has 2 aliphatic rings. The maximum Gasteiger partial charge on any atom is 0.264 e. The van der Waals surface area contributed by atoms with Gasteiger partial charge in [-0.2, -0.15) is 0 Å². The van der Waals surface area contributed by atoms with Gasteiger partial charge >= 0.3 is 0 Å². The van der Waals surface area contributed by atoms with Crippen LogP contribution in [0, 0.1) is 17.6 Å². The molecule has 43 heavy (non-hydrogen) atoms. The minimum Gasteiger partial charge on any atom is -0.336 e. The quantitative estimate of drug-likeness (QED) is 0.271. The molecule has 3 aromatic rings. The van der Waals surface area contributed by atoms with E-state index in [2.05, 4.69) is 21.2 Å². The SMILES string of the molecule is C=Cc1cccc(S(=O)(=O)Nc2ccc(C(=O)N3CCN(C(C)c4cc(F)cc(F)c4)CC3)cc2)c1/N=C\C1CCCC1. The van der Waals surface area contributed by atoms with Crippen molar-refractivity contribution in [2.75, 3.05) is 30.9 Å². The Labute approximate surface area is 252 Å². The fourth-order valence-corrected chi connectivity index (χ4v) is 7.00. The Morgan fingerprint density at radius 3 is 2.28 bits per heavy atom. The first kappa shape index (κ1) is 30.6. The number of rotatable bonds is 9. The van der Waals surface area contributed by atoms with Crippen molar-refractivity contribution in [3.05, 3.63) is 95.6 Å². The van der Waals surface area contributed by atoms with Gasteiger partial charge in [0.05, 0.1) is 5.69 Å². The normalized spacial score (nSPS) is 17.3. The molecule has 0 spiro atoms. The lowest BCUT2D eigenvalue weighted by molar-refractivity contribution is 0.0582. The van der Waals surface area contributed by atoms with Gasteiger partial charge in [-0.25, -0.2) is 17.2 Å². The zero-order valence-electron chi connectivity index (χ0n) is 24.2. The molecule has 1 N–H and O–H groups in total. The topological polar surface area (TPSA) is 82.1 Å². The number of halogens is 2. The van der Waals surface area contributed by atoms with E-state index in [0.717, 1.165) is 31.7 Å². The van der Waals surface area contributed by atoms with Gasteiger partial charge in [0.25, 0.3) is 15.9 Å². The number of benzene rings is 3. The Hall–Kier alpha value is -3.89. The second kappa shape index (κ2) is 13.2. The van der Waals surface area contributed by atoms with Gasteiger partial charge in [-0.1, -0.05) is 37.6 Å². The van der Waals surface area contributed by atoms with Crippen molar-refractivity contribution in [1.29, 1.82) is 0 Å². The molecule has 1 saturated heterocycles. The lowest BCUT2D eigenvalue weighted by atomic mass is 10.1. The second-order valence-electron chi connectivity index (χ2n) is 11.1. The highest BCUT2D eigenvalue weighted by Crippen LogP contribution is 2.32. The second-order valence-corrected chi connectivity index (χ2v) is 12.8. The maximum atomic E-state index is 13.7. The monoisotopic (exact) mass is 606 g/mol. The van der Waals surface area contributed by atoms with Crippen LogP contribution in [-0.2, 0) is 10.0 Å². The minimum atomic E-state index is -3.98. The molecule has 1 heterocycles. The summed E-state index contributed by atoms with van der Waals surface area (Å²) >= 11 is 0. The summed E-state index contributed by atoms with van der Waals surface area (Å²) in [5.41, 5.74) is 2.31. The van der Waals surface area contributed by atoms with Crippen molar-refractivity contribution in [2.24, 2.45) is 10.9 Å². The fraction of sp³-hybridized carbons (Fsp3) is 0.333. The molecular weight excluding hydrogens is 570 g/mol. The number of sulfonamides is 1. The summed E-state index contributed by atoms with van der Waals surface area (Å²) in [6, 6.07) is 14.6. The third-order valence-electron chi connectivity index (χ3n) is 8.25. The summed E-state index contributed by atoms with van der Waals surface area (Å²) in [5.74, 6) is -1.04. The smallest absolute Gasteiger partial charge is 0.264 e. The molecule has 1 unspecified atom stereocenters. The Bertz CT molecular complexity index is 1590. The van der Waals surface area contributed by atoms with E-state index >= 15 is 0 Å². The Morgan fingerprint density at radius 1 is 1.00 bits per heavy atom. The van der Waals surface area contributed by atoms with E-state index in [1.54, 1.807) is 47.4 Å². The van der Waals surface area contributed by atoms with Crippen molar-refractivity contribution >= 4 is 39.6 Å². The number of nitrogens with one attached hydrogen (secondary N) is 1. The molecule has 0 radical (unpaired) electrons. The summed E-state index contributed by atoms with van der Waals surface area (Å²) in [4.78, 5) is 21.7.